The zero-order chi connectivity index (χ0) is 14.1. The molecule has 1 aromatic rings. The Balaban J connectivity index is 1.71. The molecule has 1 aromatic carbocycles. The van der Waals surface area contributed by atoms with Crippen LogP contribution in [0, 0.1) is 24.7 Å². The Morgan fingerprint density at radius 2 is 1.95 bits per heavy atom. The molecule has 2 aliphatic rings. The fraction of sp³-hybridized carbons (Fsp3) is 0.588. The van der Waals surface area contributed by atoms with E-state index in [1.807, 2.05) is 0 Å². The number of rotatable bonds is 5. The molecule has 1 aliphatic heterocycles. The Morgan fingerprint density at radius 3 is 2.50 bits per heavy atom. The molecule has 2 fully saturated rings. The van der Waals surface area contributed by atoms with E-state index in [4.69, 9.17) is 0 Å². The molecule has 0 radical (unpaired) electrons. The van der Waals surface area contributed by atoms with Crippen LogP contribution in [0.25, 0.3) is 0 Å². The fourth-order valence-electron chi connectivity index (χ4n) is 2.98. The first kappa shape index (κ1) is 13.6. The van der Waals surface area contributed by atoms with Gasteiger partial charge >= 0.3 is 0 Å². The molecule has 2 N–H and O–H groups in total. The molecule has 20 heavy (non-hydrogen) atoms. The third-order valence-corrected chi connectivity index (χ3v) is 4.85. The molecule has 2 atom stereocenters. The summed E-state index contributed by atoms with van der Waals surface area (Å²) in [7, 11) is 0. The van der Waals surface area contributed by atoms with Crippen molar-refractivity contribution in [3.05, 3.63) is 35.4 Å². The molecule has 3 rings (SSSR count). The summed E-state index contributed by atoms with van der Waals surface area (Å²) in [5, 5.41) is 6.56. The highest BCUT2D eigenvalue weighted by Crippen LogP contribution is 2.42. The first-order valence-corrected chi connectivity index (χ1v) is 7.73. The number of nitrogens with one attached hydrogen (secondary N) is 2. The van der Waals surface area contributed by atoms with Crippen LogP contribution in [0.3, 0.4) is 0 Å². The van der Waals surface area contributed by atoms with E-state index in [1.165, 1.54) is 24.0 Å². The second-order valence-electron chi connectivity index (χ2n) is 6.39. The molecular weight excluding hydrogens is 248 g/mol. The molecule has 108 valence electrons. The Hall–Kier alpha value is -1.35. The molecule has 1 heterocycles. The molecule has 0 aromatic heterocycles. The molecule has 3 nitrogen and oxygen atoms in total. The lowest BCUT2D eigenvalue weighted by atomic mass is 9.87. The van der Waals surface area contributed by atoms with Gasteiger partial charge in [-0.25, -0.2) is 0 Å². The van der Waals surface area contributed by atoms with Gasteiger partial charge in [-0.2, -0.15) is 0 Å². The normalized spacial score (nSPS) is 21.9. The van der Waals surface area contributed by atoms with Crippen LogP contribution in [0.15, 0.2) is 24.3 Å². The van der Waals surface area contributed by atoms with Crippen molar-refractivity contribution in [1.82, 2.24) is 10.6 Å². The van der Waals surface area contributed by atoms with Crippen molar-refractivity contribution < 1.29 is 4.79 Å². The molecule has 1 saturated carbocycles. The van der Waals surface area contributed by atoms with Crippen molar-refractivity contribution in [2.24, 2.45) is 17.8 Å². The number of hydrogen-bond acceptors (Lipinski definition) is 2. The first-order valence-electron chi connectivity index (χ1n) is 7.73. The summed E-state index contributed by atoms with van der Waals surface area (Å²) in [6.07, 6.45) is 2.47. The van der Waals surface area contributed by atoms with Gasteiger partial charge in [0.2, 0.25) is 5.91 Å². The summed E-state index contributed by atoms with van der Waals surface area (Å²) in [5.41, 5.74) is 2.57. The molecule has 0 spiro atoms. The number of amides is 1. The third-order valence-electron chi connectivity index (χ3n) is 4.85. The molecule has 1 aliphatic carbocycles. The summed E-state index contributed by atoms with van der Waals surface area (Å²) in [4.78, 5) is 12.5. The number of carbonyl (C=O) groups is 1. The lowest BCUT2D eigenvalue weighted by molar-refractivity contribution is -0.127. The van der Waals surface area contributed by atoms with E-state index in [2.05, 4.69) is 48.7 Å². The molecular formula is C17H24N2O. The molecule has 1 saturated heterocycles. The number of hydrogen-bond donors (Lipinski definition) is 2. The summed E-state index contributed by atoms with van der Waals surface area (Å²) >= 11 is 0. The van der Waals surface area contributed by atoms with Gasteiger partial charge < -0.3 is 10.6 Å². The summed E-state index contributed by atoms with van der Waals surface area (Å²) < 4.78 is 0. The van der Waals surface area contributed by atoms with Crippen LogP contribution >= 0.6 is 0 Å². The minimum atomic E-state index is 0.113. The fourth-order valence-corrected chi connectivity index (χ4v) is 2.98. The average molecular weight is 272 g/mol. The lowest BCUT2D eigenvalue weighted by Crippen LogP contribution is -2.50. The molecule has 2 unspecified atom stereocenters. The van der Waals surface area contributed by atoms with Crippen molar-refractivity contribution in [1.29, 1.82) is 0 Å². The lowest BCUT2D eigenvalue weighted by Gasteiger charge is -2.33. The quantitative estimate of drug-likeness (QED) is 0.864. The van der Waals surface area contributed by atoms with E-state index < -0.39 is 0 Å². The third kappa shape index (κ3) is 2.73. The predicted octanol–water partition coefficient (Wildman–Crippen LogP) is 2.42. The Labute approximate surface area is 121 Å². The van der Waals surface area contributed by atoms with E-state index in [0.717, 1.165) is 13.1 Å². The number of carbonyl (C=O) groups excluding carboxylic acids is 1. The largest absolute Gasteiger partial charge is 0.349 e. The standard InChI is InChI=1S/C17H24N2O/c1-11-5-3-4-6-15(11)16(13-7-8-13)19-17(20)12(2)14-9-18-10-14/h3-6,12-14,16,18H,7-10H2,1-2H3,(H,19,20). The van der Waals surface area contributed by atoms with Gasteiger partial charge in [-0.15, -0.1) is 0 Å². The summed E-state index contributed by atoms with van der Waals surface area (Å²) in [6.45, 7) is 6.15. The van der Waals surface area contributed by atoms with Crippen LogP contribution < -0.4 is 10.6 Å². The van der Waals surface area contributed by atoms with Crippen LogP contribution in [0.4, 0.5) is 0 Å². The van der Waals surface area contributed by atoms with Gasteiger partial charge in [-0.05, 0) is 55.8 Å². The monoisotopic (exact) mass is 272 g/mol. The Bertz CT molecular complexity index is 492. The second-order valence-corrected chi connectivity index (χ2v) is 6.39. The molecule has 1 amide bonds. The highest BCUT2D eigenvalue weighted by atomic mass is 16.2. The Morgan fingerprint density at radius 1 is 1.25 bits per heavy atom. The highest BCUT2D eigenvalue weighted by Gasteiger charge is 2.36. The predicted molar refractivity (Wildman–Crippen MR) is 80.3 cm³/mol. The maximum absolute atomic E-state index is 12.5. The van der Waals surface area contributed by atoms with E-state index in [1.54, 1.807) is 0 Å². The summed E-state index contributed by atoms with van der Waals surface area (Å²) in [5.74, 6) is 1.47. The van der Waals surface area contributed by atoms with Crippen molar-refractivity contribution in [3.8, 4) is 0 Å². The van der Waals surface area contributed by atoms with Crippen LogP contribution in [-0.2, 0) is 4.79 Å². The summed E-state index contributed by atoms with van der Waals surface area (Å²) in [6, 6.07) is 8.64. The smallest absolute Gasteiger partial charge is 0.223 e. The van der Waals surface area contributed by atoms with Gasteiger partial charge in [0.15, 0.2) is 0 Å². The van der Waals surface area contributed by atoms with E-state index in [0.29, 0.717) is 11.8 Å². The van der Waals surface area contributed by atoms with Crippen LogP contribution in [0.1, 0.15) is 36.9 Å². The van der Waals surface area contributed by atoms with Crippen molar-refractivity contribution in [2.45, 2.75) is 32.7 Å². The van der Waals surface area contributed by atoms with Crippen molar-refractivity contribution in [3.63, 3.8) is 0 Å². The van der Waals surface area contributed by atoms with Gasteiger partial charge in [0.1, 0.15) is 0 Å². The van der Waals surface area contributed by atoms with Crippen LogP contribution in [0.5, 0.6) is 0 Å². The van der Waals surface area contributed by atoms with Gasteiger partial charge in [0.05, 0.1) is 6.04 Å². The number of benzene rings is 1. The minimum absolute atomic E-state index is 0.113. The maximum Gasteiger partial charge on any atom is 0.223 e. The van der Waals surface area contributed by atoms with E-state index in [9.17, 15) is 4.79 Å². The van der Waals surface area contributed by atoms with E-state index >= 15 is 0 Å². The first-order chi connectivity index (χ1) is 9.66. The van der Waals surface area contributed by atoms with Gasteiger partial charge in [0.25, 0.3) is 0 Å². The maximum atomic E-state index is 12.5. The Kier molecular flexibility index (Phi) is 3.79. The van der Waals surface area contributed by atoms with Gasteiger partial charge in [0, 0.05) is 5.92 Å². The van der Waals surface area contributed by atoms with Crippen LogP contribution in [0.2, 0.25) is 0 Å². The minimum Gasteiger partial charge on any atom is -0.349 e. The SMILES string of the molecule is Cc1ccccc1C(NC(=O)C(C)C1CNC1)C1CC1. The van der Waals surface area contributed by atoms with Gasteiger partial charge in [-0.1, -0.05) is 31.2 Å². The van der Waals surface area contributed by atoms with Gasteiger partial charge in [-0.3, -0.25) is 4.79 Å². The number of aryl methyl sites for hydroxylation is 1. The molecule has 3 heteroatoms. The zero-order valence-corrected chi connectivity index (χ0v) is 12.4. The van der Waals surface area contributed by atoms with Crippen molar-refractivity contribution in [2.75, 3.05) is 13.1 Å². The van der Waals surface area contributed by atoms with Crippen molar-refractivity contribution >= 4 is 5.91 Å². The second kappa shape index (κ2) is 5.57. The topological polar surface area (TPSA) is 41.1 Å². The zero-order valence-electron chi connectivity index (χ0n) is 12.4. The average Bonchev–Trinajstić information content (AvgIpc) is 3.18. The highest BCUT2D eigenvalue weighted by molar-refractivity contribution is 5.79. The molecule has 0 bridgehead atoms. The van der Waals surface area contributed by atoms with E-state index in [-0.39, 0.29) is 17.9 Å². The van der Waals surface area contributed by atoms with Crippen LogP contribution in [-0.4, -0.2) is 19.0 Å².